The van der Waals surface area contributed by atoms with E-state index in [4.69, 9.17) is 4.74 Å². The lowest BCUT2D eigenvalue weighted by Gasteiger charge is -2.46. The van der Waals surface area contributed by atoms with Crippen LogP contribution in [0.3, 0.4) is 0 Å². The Hall–Kier alpha value is -8.43. The Morgan fingerprint density at radius 1 is 0.698 bits per heavy atom. The van der Waals surface area contributed by atoms with Crippen LogP contribution in [0.15, 0.2) is 54.6 Å². The summed E-state index contributed by atoms with van der Waals surface area (Å²) in [4.78, 5) is 193. The van der Waals surface area contributed by atoms with Crippen molar-refractivity contribution in [3.05, 3.63) is 82.4 Å². The number of nitrogens with zero attached hydrogens (tertiary/aromatic N) is 9. The van der Waals surface area contributed by atoms with Gasteiger partial charge in [-0.2, -0.15) is 13.2 Å². The van der Waals surface area contributed by atoms with Crippen LogP contribution in [0, 0.1) is 24.7 Å². The number of ether oxygens (including phenoxy) is 1. The van der Waals surface area contributed by atoms with Gasteiger partial charge in [-0.25, -0.2) is 0 Å². The first-order chi connectivity index (χ1) is 50.1. The molecular formula is C78H113F3N12O13. The molecule has 8 rings (SSSR count). The normalized spacial score (nSPS) is 26.6. The highest BCUT2D eigenvalue weighted by molar-refractivity contribution is 6.01. The Morgan fingerprint density at radius 3 is 1.94 bits per heavy atom. The van der Waals surface area contributed by atoms with Crippen molar-refractivity contribution >= 4 is 70.9 Å². The van der Waals surface area contributed by atoms with Crippen LogP contribution in [0.25, 0.3) is 0 Å². The molecule has 2 saturated heterocycles. The summed E-state index contributed by atoms with van der Waals surface area (Å²) < 4.78 is 48.8. The number of alkyl halides is 3. The van der Waals surface area contributed by atoms with Gasteiger partial charge in [0.2, 0.25) is 70.9 Å². The number of benzene rings is 2. The van der Waals surface area contributed by atoms with E-state index in [0.29, 0.717) is 36.8 Å². The molecule has 3 aliphatic heterocycles. The summed E-state index contributed by atoms with van der Waals surface area (Å²) in [6.45, 7) is 7.61. The molecule has 2 bridgehead atoms. The molecule has 10 atom stereocenters. The Balaban J connectivity index is 1.21. The summed E-state index contributed by atoms with van der Waals surface area (Å²) in [5, 5.41) is 8.81. The monoisotopic (exact) mass is 1480 g/mol. The lowest BCUT2D eigenvalue weighted by Crippen LogP contribution is -2.68. The molecule has 3 saturated carbocycles. The zero-order valence-electron chi connectivity index (χ0n) is 64.3. The highest BCUT2D eigenvalue weighted by Crippen LogP contribution is 2.40. The van der Waals surface area contributed by atoms with Gasteiger partial charge in [0.05, 0.1) is 31.2 Å². The van der Waals surface area contributed by atoms with Crippen LogP contribution in [-0.2, 0) is 87.7 Å². The predicted octanol–water partition coefficient (Wildman–Crippen LogP) is 5.46. The third-order valence-electron chi connectivity index (χ3n) is 23.1. The molecule has 28 heteroatoms. The molecule has 106 heavy (non-hydrogen) atoms. The molecule has 3 N–H and O–H groups in total. The largest absolute Gasteiger partial charge is 0.416 e. The summed E-state index contributed by atoms with van der Waals surface area (Å²) in [7, 11) is 11.5. The Bertz CT molecular complexity index is 3560. The fourth-order valence-electron chi connectivity index (χ4n) is 16.2. The van der Waals surface area contributed by atoms with Crippen LogP contribution >= 0.6 is 0 Å². The first kappa shape index (κ1) is 83.2. The molecule has 6 aliphatic rings. The minimum atomic E-state index is -4.65. The average molecular weight is 1480 g/mol. The third kappa shape index (κ3) is 19.6. The molecule has 3 aliphatic carbocycles. The van der Waals surface area contributed by atoms with E-state index < -0.39 is 174 Å². The number of hydrogen-bond acceptors (Lipinski definition) is 13. The van der Waals surface area contributed by atoms with E-state index in [2.05, 4.69) is 16.0 Å². The van der Waals surface area contributed by atoms with Crippen LogP contribution in [0.5, 0.6) is 0 Å². The molecule has 0 radical (unpaired) electrons. The maximum Gasteiger partial charge on any atom is 0.416 e. The molecule has 12 amide bonds. The van der Waals surface area contributed by atoms with Gasteiger partial charge in [0, 0.05) is 88.9 Å². The summed E-state index contributed by atoms with van der Waals surface area (Å²) >= 11 is 0. The molecule has 584 valence electrons. The first-order valence-electron chi connectivity index (χ1n) is 38.0. The van der Waals surface area contributed by atoms with E-state index in [1.54, 1.807) is 32.9 Å². The molecule has 3 heterocycles. The number of amides is 12. The van der Waals surface area contributed by atoms with Gasteiger partial charge in [-0.15, -0.1) is 0 Å². The zero-order valence-corrected chi connectivity index (χ0v) is 64.3. The van der Waals surface area contributed by atoms with Crippen molar-refractivity contribution in [1.29, 1.82) is 0 Å². The van der Waals surface area contributed by atoms with E-state index in [0.717, 1.165) is 55.1 Å². The van der Waals surface area contributed by atoms with Gasteiger partial charge in [0.25, 0.3) is 0 Å². The number of rotatable bonds is 14. The number of hydrogen-bond donors (Lipinski definition) is 3. The summed E-state index contributed by atoms with van der Waals surface area (Å²) in [5.74, 6) is -9.03. The number of likely N-dealkylation sites (N-methyl/N-ethyl adjacent to an activating group) is 7. The van der Waals surface area contributed by atoms with Gasteiger partial charge >= 0.3 is 6.18 Å². The Labute approximate surface area is 622 Å². The van der Waals surface area contributed by atoms with Crippen LogP contribution < -0.4 is 16.0 Å². The second kappa shape index (κ2) is 36.4. The molecule has 5 fully saturated rings. The third-order valence-corrected chi connectivity index (χ3v) is 23.1. The highest BCUT2D eigenvalue weighted by Gasteiger charge is 2.54. The standard InChI is InChI=1S/C78H113F3N12O13/c1-14-49(5)66-74(103)87(9)47-65(96)88(10)58-28-21-22-39-92(73(58)102)62(42-52-31-29-48(4)30-32-52)72(101)86(8)46-63(94)82-57(36-34-51-33-35-56(78(79,80)81)53(15-2)40-51)70(99)93-45-55(106-16-3)43-60(93)69(98)84-77(37-23-38-77)76(105)91(13)67(54-26-19-20-27-54)75(104)90(12)61(71(100)85(6)7)44-64(95)89(11)59(68(97)83-66)41-50-24-17-18-25-50/h21,28-33,35,40,49-50,54-55,57-62,66-67H,14-20,22-27,34,36-39,41-47H2,1-13H3,(H,82,94)(H,83,97)(H,84,98)/t49-,55+,57-,58?,59-,60?,61-,62-,66-,67-/m0/s1. The zero-order chi connectivity index (χ0) is 77.8. The minimum absolute atomic E-state index is 0.000561. The summed E-state index contributed by atoms with van der Waals surface area (Å²) in [6, 6.07) is 0.570. The molecule has 0 aromatic heterocycles. The number of nitrogens with one attached hydrogen (secondary N) is 3. The van der Waals surface area contributed by atoms with Crippen molar-refractivity contribution < 1.29 is 75.4 Å². The van der Waals surface area contributed by atoms with Crippen LogP contribution in [-0.4, -0.2) is 264 Å². The number of aryl methyl sites for hydroxylation is 3. The van der Waals surface area contributed by atoms with Gasteiger partial charge in [-0.05, 0) is 119 Å². The fourth-order valence-corrected chi connectivity index (χ4v) is 16.2. The first-order valence-corrected chi connectivity index (χ1v) is 38.0. The Kier molecular flexibility index (Phi) is 28.6. The molecule has 2 aromatic carbocycles. The molecule has 1 spiro atoms. The quantitative estimate of drug-likeness (QED) is 0.199. The van der Waals surface area contributed by atoms with Crippen LogP contribution in [0.1, 0.15) is 165 Å². The topological polar surface area (TPSA) is 279 Å². The second-order valence-electron chi connectivity index (χ2n) is 30.6. The summed E-state index contributed by atoms with van der Waals surface area (Å²) in [5.41, 5.74) is -0.418. The van der Waals surface area contributed by atoms with Crippen LogP contribution in [0.2, 0.25) is 0 Å². The van der Waals surface area contributed by atoms with Gasteiger partial charge in [-0.1, -0.05) is 120 Å². The number of carbonyl (C=O) groups is 12. The van der Waals surface area contributed by atoms with Crippen molar-refractivity contribution in [2.75, 3.05) is 89.2 Å². The second-order valence-corrected chi connectivity index (χ2v) is 30.6. The Morgan fingerprint density at radius 2 is 1.34 bits per heavy atom. The van der Waals surface area contributed by atoms with Crippen LogP contribution in [0.4, 0.5) is 13.2 Å². The van der Waals surface area contributed by atoms with Crippen molar-refractivity contribution in [3.8, 4) is 0 Å². The van der Waals surface area contributed by atoms with Gasteiger partial charge < -0.3 is 64.8 Å². The minimum Gasteiger partial charge on any atom is -0.377 e. The van der Waals surface area contributed by atoms with Crippen molar-refractivity contribution in [1.82, 2.24) is 60.0 Å². The summed E-state index contributed by atoms with van der Waals surface area (Å²) in [6.07, 6.45) is 4.49. The molecule has 2 aromatic rings. The molecule has 2 unspecified atom stereocenters. The van der Waals surface area contributed by atoms with Crippen molar-refractivity contribution in [2.45, 2.75) is 229 Å². The van der Waals surface area contributed by atoms with E-state index in [1.165, 1.54) is 108 Å². The number of halogens is 3. The highest BCUT2D eigenvalue weighted by atomic mass is 19.4. The molecular weight excluding hydrogens is 1370 g/mol. The maximum absolute atomic E-state index is 15.6. The van der Waals surface area contributed by atoms with Gasteiger partial charge in [0.15, 0.2) is 0 Å². The van der Waals surface area contributed by atoms with Crippen molar-refractivity contribution in [2.24, 2.45) is 17.8 Å². The SMILES string of the molecule is CCO[C@@H]1CC2C(=O)NC3(CCC3)C(=O)N(C)[C@@H](C3CCCC3)C(=O)N(C)[C@H](C(=O)N(C)C)CC(=O)N(C)[C@@H](CC3CCCC3)C(=O)N[C@@H]([C@@H](C)CC)C(=O)N(C)CC(=O)N(C)C3C=CCCN(C3=O)[C@@H](Cc3ccc(C)cc3)C(=O)N(C)CC(=O)N[C@@H](CCc3ccc(C(F)(F)F)c(CC)c3)C(=O)N2C1. The smallest absolute Gasteiger partial charge is 0.377 e. The van der Waals surface area contributed by atoms with E-state index in [1.807, 2.05) is 38.1 Å². The van der Waals surface area contributed by atoms with Crippen molar-refractivity contribution in [3.63, 3.8) is 0 Å². The average Bonchev–Trinajstić information content (AvgIpc) is 1.25. The van der Waals surface area contributed by atoms with Gasteiger partial charge in [0.1, 0.15) is 53.9 Å². The number of carbonyl (C=O) groups excluding carboxylic acids is 12. The van der Waals surface area contributed by atoms with E-state index in [-0.39, 0.29) is 89.0 Å². The maximum atomic E-state index is 15.6. The fraction of sp³-hybridized carbons (Fsp3) is 0.667. The molecule has 25 nitrogen and oxygen atoms in total. The van der Waals surface area contributed by atoms with E-state index in [9.17, 15) is 32.3 Å². The predicted molar refractivity (Wildman–Crippen MR) is 390 cm³/mol. The lowest BCUT2D eigenvalue weighted by molar-refractivity contribution is -0.158. The lowest BCUT2D eigenvalue weighted by atomic mass is 9.74. The number of fused-ring (bicyclic) bond motifs is 3. The van der Waals surface area contributed by atoms with Gasteiger partial charge in [-0.3, -0.25) is 57.5 Å². The van der Waals surface area contributed by atoms with E-state index >= 15 is 38.4 Å².